The van der Waals surface area contributed by atoms with Gasteiger partial charge in [-0.1, -0.05) is 17.4 Å². The first-order chi connectivity index (χ1) is 20.8. The molecule has 7 rings (SSSR count). The van der Waals surface area contributed by atoms with Crippen LogP contribution in [0, 0.1) is 29.6 Å². The fourth-order valence-corrected chi connectivity index (χ4v) is 10.6. The van der Waals surface area contributed by atoms with Gasteiger partial charge in [-0.2, -0.15) is 0 Å². The third-order valence-electron chi connectivity index (χ3n) is 9.25. The Morgan fingerprint density at radius 2 is 1.72 bits per heavy atom. The number of thiazole rings is 1. The van der Waals surface area contributed by atoms with Crippen LogP contribution in [0.25, 0.3) is 0 Å². The molecule has 3 fully saturated rings. The molecule has 2 aromatic carbocycles. The van der Waals surface area contributed by atoms with Crippen LogP contribution in [0.2, 0.25) is 0 Å². The second kappa shape index (κ2) is 10.7. The van der Waals surface area contributed by atoms with Crippen LogP contribution < -0.4 is 24.0 Å². The van der Waals surface area contributed by atoms with Crippen molar-refractivity contribution >= 4 is 46.6 Å². The Labute approximate surface area is 255 Å². The highest BCUT2D eigenvalue weighted by atomic mass is 32.2. The van der Waals surface area contributed by atoms with Crippen LogP contribution in [0.4, 0.5) is 5.69 Å². The first-order valence-corrected chi connectivity index (χ1v) is 15.9. The van der Waals surface area contributed by atoms with Gasteiger partial charge >= 0.3 is 10.8 Å². The van der Waals surface area contributed by atoms with Gasteiger partial charge in [-0.05, 0) is 73.1 Å². The quantitative estimate of drug-likeness (QED) is 0.292. The number of nitrogens with one attached hydrogen (secondary N) is 1. The van der Waals surface area contributed by atoms with Gasteiger partial charge in [-0.25, -0.2) is 4.79 Å². The number of fused-ring (bicyclic) bond motifs is 9. The van der Waals surface area contributed by atoms with Crippen LogP contribution in [0.5, 0.6) is 17.2 Å². The van der Waals surface area contributed by atoms with E-state index in [4.69, 9.17) is 18.9 Å². The molecular weight excluding hydrogens is 592 g/mol. The van der Waals surface area contributed by atoms with E-state index >= 15 is 0 Å². The normalized spacial score (nSPS) is 28.3. The van der Waals surface area contributed by atoms with E-state index in [0.29, 0.717) is 22.9 Å². The van der Waals surface area contributed by atoms with E-state index in [-0.39, 0.29) is 64.7 Å². The molecule has 0 radical (unpaired) electrons. The smallest absolute Gasteiger partial charge is 0.344 e. The number of thioether (sulfide) groups is 1. The summed E-state index contributed by atoms with van der Waals surface area (Å²) in [6.07, 6.45) is 0.791. The molecular formula is C31H30N2O8S2. The summed E-state index contributed by atoms with van der Waals surface area (Å²) in [5.74, 6) is -0.176. The number of rotatable bonds is 8. The summed E-state index contributed by atoms with van der Waals surface area (Å²) in [5.41, 5.74) is 1.49. The number of amides is 2. The van der Waals surface area contributed by atoms with Crippen molar-refractivity contribution < 1.29 is 33.3 Å². The lowest BCUT2D eigenvalue weighted by Gasteiger charge is -2.43. The molecule has 2 saturated carbocycles. The Morgan fingerprint density at radius 3 is 2.42 bits per heavy atom. The Hall–Kier alpha value is -3.77. The number of esters is 1. The first-order valence-electron chi connectivity index (χ1n) is 14.2. The van der Waals surface area contributed by atoms with E-state index in [0.717, 1.165) is 21.9 Å². The number of imide groups is 1. The average Bonchev–Trinajstić information content (AvgIpc) is 3.75. The Kier molecular flexibility index (Phi) is 7.00. The molecule has 2 aliphatic carbocycles. The maximum absolute atomic E-state index is 14.0. The molecule has 6 unspecified atom stereocenters. The molecule has 3 heterocycles. The van der Waals surface area contributed by atoms with E-state index in [1.54, 1.807) is 56.1 Å². The van der Waals surface area contributed by atoms with E-state index in [9.17, 15) is 19.2 Å². The molecule has 2 bridgehead atoms. The molecule has 2 aliphatic heterocycles. The number of carbonyl (C=O) groups is 3. The zero-order chi connectivity index (χ0) is 30.0. The molecule has 3 aromatic rings. The predicted molar refractivity (Wildman–Crippen MR) is 159 cm³/mol. The summed E-state index contributed by atoms with van der Waals surface area (Å²) < 4.78 is 21.6. The second-order valence-electron chi connectivity index (χ2n) is 11.2. The summed E-state index contributed by atoms with van der Waals surface area (Å²) >= 11 is 2.84. The summed E-state index contributed by atoms with van der Waals surface area (Å²) in [7, 11) is 3.11. The second-order valence-corrected chi connectivity index (χ2v) is 13.4. The van der Waals surface area contributed by atoms with E-state index in [1.807, 2.05) is 12.1 Å². The maximum atomic E-state index is 14.0. The topological polar surface area (TPSA) is 124 Å². The van der Waals surface area contributed by atoms with Gasteiger partial charge in [0, 0.05) is 16.0 Å². The van der Waals surface area contributed by atoms with Crippen LogP contribution in [-0.2, 0) is 19.1 Å². The molecule has 2 amide bonds. The number of aromatic nitrogens is 1. The lowest BCUT2D eigenvalue weighted by atomic mass is 9.68. The number of nitrogens with zero attached hydrogens (tertiary/aromatic N) is 1. The zero-order valence-electron chi connectivity index (χ0n) is 23.7. The molecule has 1 aromatic heterocycles. The minimum Gasteiger partial charge on any atom is -0.497 e. The number of H-pyrrole nitrogens is 1. The lowest BCUT2D eigenvalue weighted by molar-refractivity contribution is -0.145. The standard InChI is InChI=1S/C31H30N2O8S2/c1-4-40-21(34)13-41-19-10-5-14(11-20(19)39-3)22-23-17-12-18(26(23)42-28-27(22)43-31(37)32-28)25-24(17)29(35)33(30(25)36)15-6-8-16(38-2)9-7-15/h5-11,17-18,22-26H,4,12-13H2,1-3H3,(H,32,37)/t17?,18?,22-,23?,24?,25?,26?/m1/s1. The van der Waals surface area contributed by atoms with Crippen LogP contribution in [-0.4, -0.2) is 55.5 Å². The minimum absolute atomic E-state index is 0.0119. The lowest BCUT2D eigenvalue weighted by Crippen LogP contribution is -2.42. The molecule has 224 valence electrons. The van der Waals surface area contributed by atoms with Gasteiger partial charge in [0.05, 0.1) is 43.4 Å². The number of ether oxygens (including phenoxy) is 4. The SMILES string of the molecule is CCOC(=O)COc1ccc([C@H]2c3sc(=O)[nH]c3SC3C4CC(C5C(=O)N(c6ccc(OC)cc6)C(=O)C45)C32)cc1OC. The fourth-order valence-electron chi connectivity index (χ4n) is 7.71. The van der Waals surface area contributed by atoms with E-state index in [1.165, 1.54) is 23.3 Å². The number of methoxy groups -OCH3 is 2. The van der Waals surface area contributed by atoms with Crippen molar-refractivity contribution in [1.29, 1.82) is 0 Å². The van der Waals surface area contributed by atoms with Crippen LogP contribution in [0.15, 0.2) is 52.3 Å². The largest absolute Gasteiger partial charge is 0.497 e. The molecule has 1 N–H and O–H groups in total. The van der Waals surface area contributed by atoms with Crippen molar-refractivity contribution in [3.05, 3.63) is 62.6 Å². The van der Waals surface area contributed by atoms with Crippen LogP contribution in [0.1, 0.15) is 29.7 Å². The molecule has 10 nitrogen and oxygen atoms in total. The number of anilines is 1. The van der Waals surface area contributed by atoms with Gasteiger partial charge in [0.2, 0.25) is 11.8 Å². The molecule has 4 aliphatic rings. The highest BCUT2D eigenvalue weighted by Crippen LogP contribution is 2.68. The number of hydrogen-bond acceptors (Lipinski definition) is 10. The Bertz CT molecular complexity index is 1670. The predicted octanol–water partition coefficient (Wildman–Crippen LogP) is 4.07. The molecule has 1 saturated heterocycles. The van der Waals surface area contributed by atoms with Crippen molar-refractivity contribution in [2.75, 3.05) is 32.3 Å². The van der Waals surface area contributed by atoms with Crippen LogP contribution >= 0.6 is 23.1 Å². The van der Waals surface area contributed by atoms with Crippen LogP contribution in [0.3, 0.4) is 0 Å². The number of aromatic amines is 1. The molecule has 43 heavy (non-hydrogen) atoms. The van der Waals surface area contributed by atoms with Gasteiger partial charge in [0.25, 0.3) is 0 Å². The third kappa shape index (κ3) is 4.36. The number of benzene rings is 2. The number of carbonyl (C=O) groups excluding carboxylic acids is 3. The molecule has 12 heteroatoms. The summed E-state index contributed by atoms with van der Waals surface area (Å²) in [6, 6.07) is 12.6. The first kappa shape index (κ1) is 28.0. The monoisotopic (exact) mass is 622 g/mol. The van der Waals surface area contributed by atoms with Gasteiger partial charge in [0.1, 0.15) is 5.75 Å². The average molecular weight is 623 g/mol. The van der Waals surface area contributed by atoms with Gasteiger partial charge in [-0.15, -0.1) is 11.8 Å². The van der Waals surface area contributed by atoms with E-state index in [2.05, 4.69) is 4.98 Å². The highest BCUT2D eigenvalue weighted by molar-refractivity contribution is 8.00. The zero-order valence-corrected chi connectivity index (χ0v) is 25.4. The van der Waals surface area contributed by atoms with Gasteiger partial charge < -0.3 is 23.9 Å². The highest BCUT2D eigenvalue weighted by Gasteiger charge is 2.69. The van der Waals surface area contributed by atoms with E-state index < -0.39 is 11.9 Å². The van der Waals surface area contributed by atoms with Gasteiger partial charge in [0.15, 0.2) is 18.1 Å². The van der Waals surface area contributed by atoms with Crippen molar-refractivity contribution in [1.82, 2.24) is 4.98 Å². The minimum atomic E-state index is -0.474. The summed E-state index contributed by atoms with van der Waals surface area (Å²) in [5, 5.41) is 0.892. The van der Waals surface area contributed by atoms with Gasteiger partial charge in [-0.3, -0.25) is 19.3 Å². The Morgan fingerprint density at radius 1 is 0.977 bits per heavy atom. The number of hydrogen-bond donors (Lipinski definition) is 1. The van der Waals surface area contributed by atoms with Crippen molar-refractivity contribution in [2.45, 2.75) is 29.5 Å². The van der Waals surface area contributed by atoms with Crippen molar-refractivity contribution in [2.24, 2.45) is 29.6 Å². The molecule has 7 atom stereocenters. The fraction of sp³-hybridized carbons (Fsp3) is 0.419. The Balaban J connectivity index is 1.24. The summed E-state index contributed by atoms with van der Waals surface area (Å²) in [4.78, 5) is 57.5. The maximum Gasteiger partial charge on any atom is 0.344 e. The summed E-state index contributed by atoms with van der Waals surface area (Å²) in [6.45, 7) is 1.75. The third-order valence-corrected chi connectivity index (χ3v) is 11.8. The van der Waals surface area contributed by atoms with Crippen molar-refractivity contribution in [3.8, 4) is 17.2 Å². The molecule has 0 spiro atoms. The van der Waals surface area contributed by atoms with Crippen molar-refractivity contribution in [3.63, 3.8) is 0 Å².